The summed E-state index contributed by atoms with van der Waals surface area (Å²) in [4.78, 5) is 29.7. The average molecular weight is 445 g/mol. The number of cyclic esters (lactones) is 1. The molecule has 33 heavy (non-hydrogen) atoms. The van der Waals surface area contributed by atoms with Gasteiger partial charge in [0.2, 0.25) is 0 Å². The third kappa shape index (κ3) is 4.52. The van der Waals surface area contributed by atoms with Crippen molar-refractivity contribution in [1.82, 2.24) is 9.80 Å². The topological polar surface area (TPSA) is 49.9 Å². The second kappa shape index (κ2) is 9.16. The summed E-state index contributed by atoms with van der Waals surface area (Å²) < 4.78 is 19.6. The van der Waals surface area contributed by atoms with E-state index in [1.54, 1.807) is 24.3 Å². The largest absolute Gasteiger partial charge is 0.454 e. The molecule has 1 atom stereocenters. The smallest absolute Gasteiger partial charge is 0.339 e. The molecule has 1 saturated heterocycles. The average Bonchev–Trinajstić information content (AvgIpc) is 2.85. The summed E-state index contributed by atoms with van der Waals surface area (Å²) in [5, 5.41) is 0. The van der Waals surface area contributed by atoms with Gasteiger partial charge in [-0.3, -0.25) is 9.69 Å². The Kier molecular flexibility index (Phi) is 5.92. The molecule has 0 aliphatic carbocycles. The first-order valence-corrected chi connectivity index (χ1v) is 11.2. The van der Waals surface area contributed by atoms with Gasteiger partial charge in [-0.1, -0.05) is 48.5 Å². The van der Waals surface area contributed by atoms with E-state index in [0.717, 1.165) is 11.1 Å². The van der Waals surface area contributed by atoms with E-state index in [1.807, 2.05) is 47.4 Å². The van der Waals surface area contributed by atoms with Gasteiger partial charge in [0.25, 0.3) is 5.91 Å². The van der Waals surface area contributed by atoms with Crippen LogP contribution in [0.2, 0.25) is 0 Å². The van der Waals surface area contributed by atoms with Gasteiger partial charge in [0.1, 0.15) is 11.9 Å². The van der Waals surface area contributed by atoms with Crippen LogP contribution in [-0.2, 0) is 17.7 Å². The molecule has 0 bridgehead atoms. The number of esters is 1. The van der Waals surface area contributed by atoms with Gasteiger partial charge < -0.3 is 9.64 Å². The van der Waals surface area contributed by atoms with Crippen LogP contribution in [0.25, 0.3) is 0 Å². The lowest BCUT2D eigenvalue weighted by Gasteiger charge is -2.35. The molecule has 5 rings (SSSR count). The maximum Gasteiger partial charge on any atom is 0.339 e. The minimum atomic E-state index is -0.356. The van der Waals surface area contributed by atoms with Gasteiger partial charge in [0.15, 0.2) is 0 Å². The zero-order valence-electron chi connectivity index (χ0n) is 18.2. The van der Waals surface area contributed by atoms with E-state index in [-0.39, 0.29) is 23.8 Å². The van der Waals surface area contributed by atoms with E-state index < -0.39 is 0 Å². The van der Waals surface area contributed by atoms with Crippen molar-refractivity contribution in [2.75, 3.05) is 26.2 Å². The van der Waals surface area contributed by atoms with Crippen molar-refractivity contribution >= 4 is 11.9 Å². The Bertz CT molecular complexity index is 1170. The molecule has 2 heterocycles. The fourth-order valence-corrected chi connectivity index (χ4v) is 4.54. The number of carbonyl (C=O) groups excluding carboxylic acids is 2. The Labute approximate surface area is 192 Å². The molecule has 0 radical (unpaired) electrons. The molecule has 0 aromatic heterocycles. The predicted octanol–water partition coefficient (Wildman–Crippen LogP) is 4.24. The van der Waals surface area contributed by atoms with E-state index in [2.05, 4.69) is 4.90 Å². The fraction of sp³-hybridized carbons (Fsp3) is 0.259. The Hall–Kier alpha value is -3.51. The maximum absolute atomic E-state index is 13.9. The van der Waals surface area contributed by atoms with E-state index in [9.17, 15) is 14.0 Å². The number of hydrogen-bond acceptors (Lipinski definition) is 4. The highest BCUT2D eigenvalue weighted by Gasteiger charge is 2.29. The molecule has 2 aliphatic heterocycles. The normalized spacial score (nSPS) is 18.5. The SMILES string of the molecule is O=C1OC(c2ccccc2)Cc2cc(C(=O)N3CCN(Cc4ccccc4F)CC3)ccc21. The molecule has 1 amide bonds. The minimum Gasteiger partial charge on any atom is -0.454 e. The summed E-state index contributed by atoms with van der Waals surface area (Å²) in [6.07, 6.45) is 0.196. The first-order valence-electron chi connectivity index (χ1n) is 11.2. The molecule has 3 aromatic rings. The van der Waals surface area contributed by atoms with Crippen LogP contribution in [0, 0.1) is 5.82 Å². The van der Waals surface area contributed by atoms with Gasteiger partial charge in [0.05, 0.1) is 5.56 Å². The molecular formula is C27H25FN2O3. The lowest BCUT2D eigenvalue weighted by atomic mass is 9.93. The molecule has 168 valence electrons. The summed E-state index contributed by atoms with van der Waals surface area (Å²) in [6.45, 7) is 3.08. The Morgan fingerprint density at radius 1 is 0.939 bits per heavy atom. The van der Waals surface area contributed by atoms with Crippen LogP contribution in [0.3, 0.4) is 0 Å². The van der Waals surface area contributed by atoms with Crippen LogP contribution < -0.4 is 0 Å². The Morgan fingerprint density at radius 3 is 2.42 bits per heavy atom. The van der Waals surface area contributed by atoms with Crippen LogP contribution in [0.15, 0.2) is 72.8 Å². The van der Waals surface area contributed by atoms with Crippen LogP contribution in [0.1, 0.15) is 43.5 Å². The summed E-state index contributed by atoms with van der Waals surface area (Å²) in [7, 11) is 0. The quantitative estimate of drug-likeness (QED) is 0.565. The molecule has 0 saturated carbocycles. The Balaban J connectivity index is 1.26. The highest BCUT2D eigenvalue weighted by molar-refractivity contribution is 5.97. The summed E-state index contributed by atoms with van der Waals surface area (Å²) in [5.74, 6) is -0.596. The molecule has 6 heteroatoms. The third-order valence-electron chi connectivity index (χ3n) is 6.41. The number of rotatable bonds is 4. The van der Waals surface area contributed by atoms with Crippen molar-refractivity contribution in [2.45, 2.75) is 19.1 Å². The molecule has 5 nitrogen and oxygen atoms in total. The van der Waals surface area contributed by atoms with Crippen LogP contribution in [0.5, 0.6) is 0 Å². The number of benzene rings is 3. The van der Waals surface area contributed by atoms with E-state index >= 15 is 0 Å². The minimum absolute atomic E-state index is 0.0430. The van der Waals surface area contributed by atoms with Crippen molar-refractivity contribution in [2.24, 2.45) is 0 Å². The molecule has 0 N–H and O–H groups in total. The van der Waals surface area contributed by atoms with E-state index in [0.29, 0.717) is 55.8 Å². The van der Waals surface area contributed by atoms with Crippen LogP contribution in [0.4, 0.5) is 4.39 Å². The van der Waals surface area contributed by atoms with Gasteiger partial charge in [-0.15, -0.1) is 0 Å². The number of piperazine rings is 1. The number of halogens is 1. The van der Waals surface area contributed by atoms with Crippen molar-refractivity contribution in [3.63, 3.8) is 0 Å². The molecular weight excluding hydrogens is 419 g/mol. The number of carbonyl (C=O) groups is 2. The second-order valence-electron chi connectivity index (χ2n) is 8.54. The fourth-order valence-electron chi connectivity index (χ4n) is 4.54. The van der Waals surface area contributed by atoms with Crippen LogP contribution >= 0.6 is 0 Å². The second-order valence-corrected chi connectivity index (χ2v) is 8.54. The molecule has 2 aliphatic rings. The standard InChI is InChI=1S/C27H25FN2O3/c28-24-9-5-4-8-21(24)18-29-12-14-30(15-13-29)26(31)20-10-11-23-22(16-20)17-25(33-27(23)32)19-6-2-1-3-7-19/h1-11,16,25H,12-15,17-18H2. The monoisotopic (exact) mass is 444 g/mol. The number of fused-ring (bicyclic) bond motifs is 1. The number of nitrogens with zero attached hydrogens (tertiary/aromatic N) is 2. The summed E-state index contributed by atoms with van der Waals surface area (Å²) in [6, 6.07) is 21.7. The molecule has 3 aromatic carbocycles. The van der Waals surface area contributed by atoms with Gasteiger partial charge in [-0.05, 0) is 35.4 Å². The molecule has 1 unspecified atom stereocenters. The van der Waals surface area contributed by atoms with Gasteiger partial charge in [-0.2, -0.15) is 0 Å². The van der Waals surface area contributed by atoms with E-state index in [1.165, 1.54) is 6.07 Å². The maximum atomic E-state index is 13.9. The first kappa shape index (κ1) is 21.3. The van der Waals surface area contributed by atoms with Gasteiger partial charge in [0, 0.05) is 50.3 Å². The lowest BCUT2D eigenvalue weighted by Crippen LogP contribution is -2.48. The van der Waals surface area contributed by atoms with Crippen molar-refractivity contribution in [3.8, 4) is 0 Å². The zero-order chi connectivity index (χ0) is 22.8. The summed E-state index contributed by atoms with van der Waals surface area (Å²) >= 11 is 0. The third-order valence-corrected chi connectivity index (χ3v) is 6.41. The highest BCUT2D eigenvalue weighted by atomic mass is 19.1. The van der Waals surface area contributed by atoms with Crippen molar-refractivity contribution < 1.29 is 18.7 Å². The summed E-state index contributed by atoms with van der Waals surface area (Å²) in [5.41, 5.74) is 3.56. The predicted molar refractivity (Wildman–Crippen MR) is 122 cm³/mol. The van der Waals surface area contributed by atoms with Crippen LogP contribution in [-0.4, -0.2) is 47.9 Å². The van der Waals surface area contributed by atoms with Gasteiger partial charge in [-0.25, -0.2) is 9.18 Å². The zero-order valence-corrected chi connectivity index (χ0v) is 18.2. The highest BCUT2D eigenvalue weighted by Crippen LogP contribution is 2.31. The molecule has 0 spiro atoms. The number of amides is 1. The Morgan fingerprint density at radius 2 is 1.67 bits per heavy atom. The van der Waals surface area contributed by atoms with Crippen molar-refractivity contribution in [3.05, 3.63) is 106 Å². The number of ether oxygens (including phenoxy) is 1. The first-order chi connectivity index (χ1) is 16.1. The molecule has 1 fully saturated rings. The lowest BCUT2D eigenvalue weighted by molar-refractivity contribution is 0.0252. The van der Waals surface area contributed by atoms with E-state index in [4.69, 9.17) is 4.74 Å². The number of hydrogen-bond donors (Lipinski definition) is 0. The van der Waals surface area contributed by atoms with Crippen molar-refractivity contribution in [1.29, 1.82) is 0 Å². The van der Waals surface area contributed by atoms with Gasteiger partial charge >= 0.3 is 5.97 Å².